The van der Waals surface area contributed by atoms with Gasteiger partial charge in [-0.05, 0) is 50.5 Å². The van der Waals surface area contributed by atoms with Crippen LogP contribution in [0, 0.1) is 18.3 Å². The van der Waals surface area contributed by atoms with Crippen molar-refractivity contribution in [1.82, 2.24) is 4.31 Å². The maximum absolute atomic E-state index is 12.7. The van der Waals surface area contributed by atoms with Crippen molar-refractivity contribution in [2.24, 2.45) is 5.73 Å². The molecule has 1 heterocycles. The minimum atomic E-state index is -3.52. The molecule has 1 fully saturated rings. The highest BCUT2D eigenvalue weighted by Crippen LogP contribution is 2.27. The highest BCUT2D eigenvalue weighted by molar-refractivity contribution is 7.89. The normalized spacial score (nSPS) is 24.3. The Balaban J connectivity index is 2.38. The first kappa shape index (κ1) is 15.0. The van der Waals surface area contributed by atoms with E-state index in [1.54, 1.807) is 19.1 Å². The van der Waals surface area contributed by atoms with E-state index in [0.29, 0.717) is 30.5 Å². The minimum Gasteiger partial charge on any atom is -0.328 e. The van der Waals surface area contributed by atoms with Gasteiger partial charge in [0.25, 0.3) is 0 Å². The fraction of sp³-hybridized carbons (Fsp3) is 0.500. The molecule has 2 rings (SSSR count). The summed E-state index contributed by atoms with van der Waals surface area (Å²) in [6, 6.07) is 6.65. The monoisotopic (exact) mass is 293 g/mol. The molecular formula is C14H19N3O2S. The summed E-state index contributed by atoms with van der Waals surface area (Å²) in [7, 11) is -3.52. The van der Waals surface area contributed by atoms with Gasteiger partial charge in [-0.1, -0.05) is 0 Å². The van der Waals surface area contributed by atoms with Crippen molar-refractivity contribution in [1.29, 1.82) is 5.26 Å². The summed E-state index contributed by atoms with van der Waals surface area (Å²) in [5.41, 5.74) is 6.95. The number of sulfonamides is 1. The van der Waals surface area contributed by atoms with E-state index >= 15 is 0 Å². The van der Waals surface area contributed by atoms with Crippen LogP contribution in [-0.4, -0.2) is 31.4 Å². The van der Waals surface area contributed by atoms with E-state index in [1.165, 1.54) is 10.4 Å². The van der Waals surface area contributed by atoms with Gasteiger partial charge >= 0.3 is 0 Å². The second-order valence-electron chi connectivity index (χ2n) is 5.34. The van der Waals surface area contributed by atoms with E-state index in [4.69, 9.17) is 11.0 Å². The predicted molar refractivity (Wildman–Crippen MR) is 76.5 cm³/mol. The van der Waals surface area contributed by atoms with Crippen molar-refractivity contribution in [3.63, 3.8) is 0 Å². The number of nitrogens with two attached hydrogens (primary N) is 1. The molecular weight excluding hydrogens is 274 g/mol. The van der Waals surface area contributed by atoms with Crippen molar-refractivity contribution >= 4 is 10.0 Å². The number of rotatable bonds is 2. The quantitative estimate of drug-likeness (QED) is 0.892. The van der Waals surface area contributed by atoms with Crippen molar-refractivity contribution in [3.8, 4) is 6.07 Å². The molecule has 2 atom stereocenters. The molecule has 20 heavy (non-hydrogen) atoms. The van der Waals surface area contributed by atoms with Crippen LogP contribution >= 0.6 is 0 Å². The molecule has 0 spiro atoms. The molecule has 2 unspecified atom stereocenters. The van der Waals surface area contributed by atoms with Crippen LogP contribution in [0.4, 0.5) is 0 Å². The van der Waals surface area contributed by atoms with Gasteiger partial charge in [0.2, 0.25) is 10.0 Å². The molecule has 1 aliphatic rings. The average molecular weight is 293 g/mol. The third-order valence-corrected chi connectivity index (χ3v) is 5.92. The lowest BCUT2D eigenvalue weighted by atomic mass is 10.0. The molecule has 1 aliphatic heterocycles. The SMILES string of the molecule is Cc1cc(C#N)ccc1S(=O)(=O)N1CCC(N)CC1C. The molecule has 6 heteroatoms. The lowest BCUT2D eigenvalue weighted by Gasteiger charge is -2.35. The van der Waals surface area contributed by atoms with Gasteiger partial charge in [0, 0.05) is 18.6 Å². The molecule has 0 amide bonds. The van der Waals surface area contributed by atoms with Gasteiger partial charge in [0.05, 0.1) is 16.5 Å². The zero-order chi connectivity index (χ0) is 14.9. The van der Waals surface area contributed by atoms with E-state index < -0.39 is 10.0 Å². The van der Waals surface area contributed by atoms with Crippen LogP contribution in [0.1, 0.15) is 30.9 Å². The van der Waals surface area contributed by atoms with Crippen molar-refractivity contribution in [3.05, 3.63) is 29.3 Å². The summed E-state index contributed by atoms with van der Waals surface area (Å²) in [5, 5.41) is 8.85. The highest BCUT2D eigenvalue weighted by atomic mass is 32.2. The number of aryl methyl sites for hydroxylation is 1. The lowest BCUT2D eigenvalue weighted by molar-refractivity contribution is 0.247. The summed E-state index contributed by atoms with van der Waals surface area (Å²) in [5.74, 6) is 0. The Labute approximate surface area is 120 Å². The summed E-state index contributed by atoms with van der Waals surface area (Å²) in [6.45, 7) is 4.05. The smallest absolute Gasteiger partial charge is 0.243 e. The molecule has 0 aromatic heterocycles. The minimum absolute atomic E-state index is 0.0681. The average Bonchev–Trinajstić information content (AvgIpc) is 2.37. The third-order valence-electron chi connectivity index (χ3n) is 3.75. The first-order chi connectivity index (χ1) is 9.36. The number of piperidine rings is 1. The summed E-state index contributed by atoms with van der Waals surface area (Å²) < 4.78 is 27.0. The van der Waals surface area contributed by atoms with Crippen LogP contribution in [0.15, 0.2) is 23.1 Å². The van der Waals surface area contributed by atoms with E-state index in [0.717, 1.165) is 0 Å². The number of nitriles is 1. The van der Waals surface area contributed by atoms with Gasteiger partial charge in [0.15, 0.2) is 0 Å². The van der Waals surface area contributed by atoms with Crippen molar-refractivity contribution < 1.29 is 8.42 Å². The molecule has 108 valence electrons. The highest BCUT2D eigenvalue weighted by Gasteiger charge is 2.34. The third kappa shape index (κ3) is 2.70. The van der Waals surface area contributed by atoms with Crippen LogP contribution in [-0.2, 0) is 10.0 Å². The zero-order valence-electron chi connectivity index (χ0n) is 11.7. The maximum atomic E-state index is 12.7. The van der Waals surface area contributed by atoms with E-state index in [1.807, 2.05) is 13.0 Å². The van der Waals surface area contributed by atoms with Crippen LogP contribution < -0.4 is 5.73 Å². The fourth-order valence-electron chi connectivity index (χ4n) is 2.68. The number of nitrogens with zero attached hydrogens (tertiary/aromatic N) is 2. The van der Waals surface area contributed by atoms with Crippen LogP contribution in [0.2, 0.25) is 0 Å². The Hall–Kier alpha value is -1.42. The van der Waals surface area contributed by atoms with E-state index in [9.17, 15) is 8.42 Å². The summed E-state index contributed by atoms with van der Waals surface area (Å²) in [4.78, 5) is 0.277. The topological polar surface area (TPSA) is 87.2 Å². The first-order valence-corrected chi connectivity index (χ1v) is 8.08. The van der Waals surface area contributed by atoms with Gasteiger partial charge in [-0.25, -0.2) is 8.42 Å². The largest absolute Gasteiger partial charge is 0.328 e. The predicted octanol–water partition coefficient (Wildman–Crippen LogP) is 1.37. The van der Waals surface area contributed by atoms with Gasteiger partial charge in [-0.15, -0.1) is 0 Å². The summed E-state index contributed by atoms with van der Waals surface area (Å²) in [6.07, 6.45) is 1.35. The molecule has 1 aromatic rings. The molecule has 1 aromatic carbocycles. The van der Waals surface area contributed by atoms with Crippen LogP contribution in [0.25, 0.3) is 0 Å². The molecule has 0 aliphatic carbocycles. The van der Waals surface area contributed by atoms with E-state index in [2.05, 4.69) is 0 Å². The first-order valence-electron chi connectivity index (χ1n) is 6.64. The molecule has 0 radical (unpaired) electrons. The molecule has 0 saturated carbocycles. The van der Waals surface area contributed by atoms with Crippen LogP contribution in [0.5, 0.6) is 0 Å². The van der Waals surface area contributed by atoms with Gasteiger partial charge in [-0.2, -0.15) is 9.57 Å². The number of benzene rings is 1. The molecule has 2 N–H and O–H groups in total. The zero-order valence-corrected chi connectivity index (χ0v) is 12.5. The van der Waals surface area contributed by atoms with Gasteiger partial charge < -0.3 is 5.73 Å². The molecule has 0 bridgehead atoms. The number of hydrogen-bond acceptors (Lipinski definition) is 4. The van der Waals surface area contributed by atoms with E-state index in [-0.39, 0.29) is 17.0 Å². The second-order valence-corrected chi connectivity index (χ2v) is 7.20. The van der Waals surface area contributed by atoms with Gasteiger partial charge in [-0.3, -0.25) is 0 Å². The maximum Gasteiger partial charge on any atom is 0.243 e. The number of hydrogen-bond donors (Lipinski definition) is 1. The van der Waals surface area contributed by atoms with Crippen molar-refractivity contribution in [2.75, 3.05) is 6.54 Å². The Morgan fingerprint density at radius 2 is 2.15 bits per heavy atom. The Kier molecular flexibility index (Phi) is 4.14. The van der Waals surface area contributed by atoms with Gasteiger partial charge in [0.1, 0.15) is 0 Å². The Morgan fingerprint density at radius 1 is 1.45 bits per heavy atom. The second kappa shape index (κ2) is 5.52. The summed E-state index contributed by atoms with van der Waals surface area (Å²) >= 11 is 0. The lowest BCUT2D eigenvalue weighted by Crippen LogP contribution is -2.48. The van der Waals surface area contributed by atoms with Crippen molar-refractivity contribution in [2.45, 2.75) is 43.7 Å². The van der Waals surface area contributed by atoms with Crippen LogP contribution in [0.3, 0.4) is 0 Å². The Bertz CT molecular complexity index is 649. The molecule has 1 saturated heterocycles. The fourth-order valence-corrected chi connectivity index (χ4v) is 4.54. The standard InChI is InChI=1S/C14H19N3O2S/c1-10-7-12(9-15)3-4-14(10)20(18,19)17-6-5-13(16)8-11(17)2/h3-4,7,11,13H,5-6,8,16H2,1-2H3. The molecule has 5 nitrogen and oxygen atoms in total. The Morgan fingerprint density at radius 3 is 2.70 bits per heavy atom.